The van der Waals surface area contributed by atoms with Crippen LogP contribution in [-0.4, -0.2) is 28.1 Å². The number of aromatic nitrogens is 2. The van der Waals surface area contributed by atoms with Crippen LogP contribution in [0.2, 0.25) is 5.02 Å². The van der Waals surface area contributed by atoms with E-state index in [1.165, 1.54) is 16.7 Å². The summed E-state index contributed by atoms with van der Waals surface area (Å²) in [5, 5.41) is 5.24. The van der Waals surface area contributed by atoms with E-state index in [2.05, 4.69) is 42.6 Å². The Morgan fingerprint density at radius 2 is 2.03 bits per heavy atom. The molecule has 0 fully saturated rings. The number of hydroxylamine groups is 1. The minimum Gasteiger partial charge on any atom is -0.437 e. The molecule has 5 rings (SSSR count). The maximum atomic E-state index is 6.13. The summed E-state index contributed by atoms with van der Waals surface area (Å²) in [6, 6.07) is 19.6. The number of rotatable bonds is 5. The molecule has 2 aromatic heterocycles. The molecule has 0 saturated carbocycles. The largest absolute Gasteiger partial charge is 0.437 e. The maximum Gasteiger partial charge on any atom is 0.248 e. The van der Waals surface area contributed by atoms with Crippen molar-refractivity contribution in [3.05, 3.63) is 94.1 Å². The average molecular weight is 447 g/mol. The van der Waals surface area contributed by atoms with Crippen LogP contribution in [0.5, 0.6) is 11.6 Å². The van der Waals surface area contributed by atoms with Gasteiger partial charge in [-0.05, 0) is 67.8 Å². The molecule has 0 saturated heterocycles. The Morgan fingerprint density at radius 1 is 1.12 bits per heavy atom. The monoisotopic (exact) mass is 446 g/mol. The van der Waals surface area contributed by atoms with E-state index in [0.717, 1.165) is 17.5 Å². The molecule has 1 aliphatic rings. The highest BCUT2D eigenvalue weighted by Gasteiger charge is 2.22. The van der Waals surface area contributed by atoms with Crippen molar-refractivity contribution in [2.24, 2.45) is 4.99 Å². The number of benzene rings is 2. The van der Waals surface area contributed by atoms with Gasteiger partial charge in [-0.3, -0.25) is 9.83 Å². The number of hydrogen-bond donors (Lipinski definition) is 1. The van der Waals surface area contributed by atoms with Gasteiger partial charge < -0.3 is 4.74 Å². The lowest BCUT2D eigenvalue weighted by molar-refractivity contribution is 0.0623. The third-order valence-corrected chi connectivity index (χ3v) is 5.69. The van der Waals surface area contributed by atoms with Crippen molar-refractivity contribution in [1.29, 1.82) is 0 Å². The van der Waals surface area contributed by atoms with Gasteiger partial charge in [0.2, 0.25) is 5.88 Å². The number of nitrogens with one attached hydrogen (secondary N) is 1. The second-order valence-corrected chi connectivity index (χ2v) is 8.42. The minimum absolute atomic E-state index is 0.0188. The molecule has 1 N–H and O–H groups in total. The van der Waals surface area contributed by atoms with Crippen molar-refractivity contribution in [3.8, 4) is 11.6 Å². The summed E-state index contributed by atoms with van der Waals surface area (Å²) in [7, 11) is 0. The van der Waals surface area contributed by atoms with Crippen LogP contribution in [0.1, 0.15) is 22.3 Å². The lowest BCUT2D eigenvalue weighted by atomic mass is 9.99. The number of aryl methyl sites for hydroxylation is 2. The first-order valence-corrected chi connectivity index (χ1v) is 10.9. The summed E-state index contributed by atoms with van der Waals surface area (Å²) >= 11 is 6.13. The van der Waals surface area contributed by atoms with Gasteiger partial charge in [-0.1, -0.05) is 41.4 Å². The lowest BCUT2D eigenvalue weighted by Crippen LogP contribution is -2.37. The van der Waals surface area contributed by atoms with Gasteiger partial charge in [-0.15, -0.1) is 5.10 Å². The smallest absolute Gasteiger partial charge is 0.248 e. The molecule has 0 aliphatic carbocycles. The van der Waals surface area contributed by atoms with Crippen LogP contribution in [0.4, 0.5) is 0 Å². The van der Waals surface area contributed by atoms with Gasteiger partial charge in [0.25, 0.3) is 0 Å². The van der Waals surface area contributed by atoms with Crippen molar-refractivity contribution in [2.75, 3.05) is 6.61 Å². The van der Waals surface area contributed by atoms with Crippen LogP contribution >= 0.6 is 11.6 Å². The number of hydrogen-bond acceptors (Lipinski definition) is 5. The molecule has 2 aromatic carbocycles. The Kier molecular flexibility index (Phi) is 5.55. The van der Waals surface area contributed by atoms with Gasteiger partial charge in [0.15, 0.2) is 5.84 Å². The third kappa shape index (κ3) is 4.33. The number of aliphatic imine (C=N–C) groups is 1. The Hall–Kier alpha value is -3.35. The van der Waals surface area contributed by atoms with Gasteiger partial charge in [-0.2, -0.15) is 0 Å². The Balaban J connectivity index is 1.50. The molecule has 6 nitrogen and oxygen atoms in total. The minimum atomic E-state index is -0.0188. The van der Waals surface area contributed by atoms with Crippen molar-refractivity contribution >= 4 is 23.0 Å². The highest BCUT2D eigenvalue weighted by molar-refractivity contribution is 6.30. The van der Waals surface area contributed by atoms with Crippen LogP contribution in [0, 0.1) is 13.8 Å². The second kappa shape index (κ2) is 8.65. The molecule has 162 valence electrons. The molecule has 0 radical (unpaired) electrons. The summed E-state index contributed by atoms with van der Waals surface area (Å²) in [6.45, 7) is 4.73. The van der Waals surface area contributed by atoms with E-state index in [0.29, 0.717) is 29.1 Å². The quantitative estimate of drug-likeness (QED) is 0.452. The number of halogens is 1. The van der Waals surface area contributed by atoms with E-state index in [9.17, 15) is 0 Å². The predicted molar refractivity (Wildman–Crippen MR) is 126 cm³/mol. The van der Waals surface area contributed by atoms with Crippen LogP contribution in [0.3, 0.4) is 0 Å². The first-order valence-electron chi connectivity index (χ1n) is 10.5. The van der Waals surface area contributed by atoms with E-state index in [1.54, 1.807) is 16.6 Å². The van der Waals surface area contributed by atoms with Gasteiger partial charge in [-0.25, -0.2) is 10.00 Å². The molecule has 1 atom stereocenters. The van der Waals surface area contributed by atoms with E-state index < -0.39 is 0 Å². The molecular formula is C25H23ClN4O2. The Morgan fingerprint density at radius 3 is 2.88 bits per heavy atom. The zero-order valence-corrected chi connectivity index (χ0v) is 18.6. The van der Waals surface area contributed by atoms with E-state index in [-0.39, 0.29) is 6.04 Å². The van der Waals surface area contributed by atoms with Crippen molar-refractivity contribution < 1.29 is 9.57 Å². The number of nitrogens with zero attached hydrogens (tertiary/aromatic N) is 3. The highest BCUT2D eigenvalue weighted by atomic mass is 35.5. The SMILES string of the molecule is Cc1ccc(C[C@@H]2CONC(c3cc4cccn4nc3Oc3cccc(Cl)c3)=N2)c(C)c1. The topological polar surface area (TPSA) is 60.2 Å². The first-order chi connectivity index (χ1) is 15.5. The molecule has 32 heavy (non-hydrogen) atoms. The van der Waals surface area contributed by atoms with Crippen LogP contribution in [0.15, 0.2) is 71.9 Å². The van der Waals surface area contributed by atoms with Crippen LogP contribution in [-0.2, 0) is 11.3 Å². The van der Waals surface area contributed by atoms with Crippen molar-refractivity contribution in [1.82, 2.24) is 15.1 Å². The molecule has 3 heterocycles. The fourth-order valence-electron chi connectivity index (χ4n) is 3.85. The van der Waals surface area contributed by atoms with E-state index in [4.69, 9.17) is 26.2 Å². The summed E-state index contributed by atoms with van der Waals surface area (Å²) in [4.78, 5) is 10.7. The van der Waals surface area contributed by atoms with Gasteiger partial charge in [0.1, 0.15) is 5.75 Å². The number of ether oxygens (including phenoxy) is 1. The highest BCUT2D eigenvalue weighted by Crippen LogP contribution is 2.27. The summed E-state index contributed by atoms with van der Waals surface area (Å²) in [5.74, 6) is 1.61. The van der Waals surface area contributed by atoms with E-state index >= 15 is 0 Å². The molecule has 0 spiro atoms. The Bertz CT molecular complexity index is 1310. The third-order valence-electron chi connectivity index (χ3n) is 5.46. The average Bonchev–Trinajstić information content (AvgIpc) is 3.23. The molecule has 0 bridgehead atoms. The van der Waals surface area contributed by atoms with Crippen LogP contribution < -0.4 is 10.2 Å². The number of fused-ring (bicyclic) bond motifs is 1. The Labute approximate surface area is 191 Å². The van der Waals surface area contributed by atoms with E-state index in [1.807, 2.05) is 36.5 Å². The zero-order chi connectivity index (χ0) is 22.1. The van der Waals surface area contributed by atoms with Gasteiger partial charge in [0, 0.05) is 11.2 Å². The molecule has 1 aliphatic heterocycles. The standard InChI is InChI=1S/C25H23ClN4O2/c1-16-8-9-18(17(2)11-16)12-20-15-31-29-24(27-20)23-14-21-6-4-10-30(21)28-25(23)32-22-7-3-5-19(26)13-22/h3-11,13-14,20H,12,15H2,1-2H3,(H,27,29)/t20-/m1/s1. The fraction of sp³-hybridized carbons (Fsp3) is 0.200. The summed E-state index contributed by atoms with van der Waals surface area (Å²) < 4.78 is 7.88. The second-order valence-electron chi connectivity index (χ2n) is 7.98. The molecule has 4 aromatic rings. The molecule has 0 unspecified atom stereocenters. The normalized spacial score (nSPS) is 16.0. The fourth-order valence-corrected chi connectivity index (χ4v) is 4.03. The first kappa shape index (κ1) is 20.5. The van der Waals surface area contributed by atoms with Gasteiger partial charge >= 0.3 is 0 Å². The van der Waals surface area contributed by atoms with Crippen LogP contribution in [0.25, 0.3) is 5.52 Å². The summed E-state index contributed by atoms with van der Waals surface area (Å²) in [6.07, 6.45) is 2.67. The van der Waals surface area contributed by atoms with Gasteiger partial charge in [0.05, 0.1) is 23.7 Å². The zero-order valence-electron chi connectivity index (χ0n) is 17.9. The predicted octanol–water partition coefficient (Wildman–Crippen LogP) is 5.29. The molecule has 7 heteroatoms. The molecule has 0 amide bonds. The van der Waals surface area contributed by atoms with Crippen molar-refractivity contribution in [3.63, 3.8) is 0 Å². The number of amidine groups is 1. The lowest BCUT2D eigenvalue weighted by Gasteiger charge is -2.23. The maximum absolute atomic E-state index is 6.13. The molecular weight excluding hydrogens is 424 g/mol. The summed E-state index contributed by atoms with van der Waals surface area (Å²) in [5.41, 5.74) is 8.41. The van der Waals surface area contributed by atoms with Crippen molar-refractivity contribution in [2.45, 2.75) is 26.3 Å².